The Bertz CT molecular complexity index is 1890. The summed E-state index contributed by atoms with van der Waals surface area (Å²) in [4.78, 5) is 2.70. The first-order chi connectivity index (χ1) is 21.3. The fourth-order valence-corrected chi connectivity index (χ4v) is 9.52. The van der Waals surface area contributed by atoms with Crippen molar-refractivity contribution < 1.29 is 0 Å². The first kappa shape index (κ1) is 24.6. The van der Waals surface area contributed by atoms with Crippen LogP contribution >= 0.6 is 11.3 Å². The van der Waals surface area contributed by atoms with Crippen molar-refractivity contribution in [2.45, 2.75) is 10.8 Å². The van der Waals surface area contributed by atoms with Gasteiger partial charge in [0.2, 0.25) is 0 Å². The molecule has 1 heteroatoms. The van der Waals surface area contributed by atoms with E-state index in [2.05, 4.69) is 170 Å². The Balaban J connectivity index is 1.39. The fraction of sp³-hybridized carbons (Fsp3) is 0.0476. The van der Waals surface area contributed by atoms with Gasteiger partial charge in [0.05, 0.1) is 10.8 Å². The van der Waals surface area contributed by atoms with Gasteiger partial charge >= 0.3 is 0 Å². The first-order valence-corrected chi connectivity index (χ1v) is 15.8. The highest BCUT2D eigenvalue weighted by atomic mass is 32.1. The Hall–Kier alpha value is -4.98. The molecule has 0 fully saturated rings. The summed E-state index contributed by atoms with van der Waals surface area (Å²) >= 11 is 1.97. The highest BCUT2D eigenvalue weighted by Crippen LogP contribution is 2.61. The summed E-state index contributed by atoms with van der Waals surface area (Å²) in [6, 6.07) is 63.1. The number of thiophene rings is 1. The topological polar surface area (TPSA) is 0 Å². The Kier molecular flexibility index (Phi) is 5.30. The summed E-state index contributed by atoms with van der Waals surface area (Å²) < 4.78 is 0. The van der Waals surface area contributed by atoms with Crippen molar-refractivity contribution in [2.75, 3.05) is 0 Å². The lowest BCUT2D eigenvalue weighted by Gasteiger charge is -2.34. The third-order valence-electron chi connectivity index (χ3n) is 9.66. The van der Waals surface area contributed by atoms with Crippen LogP contribution in [0.4, 0.5) is 0 Å². The van der Waals surface area contributed by atoms with Crippen LogP contribution < -0.4 is 0 Å². The van der Waals surface area contributed by atoms with Crippen LogP contribution in [0, 0.1) is 0 Å². The van der Waals surface area contributed by atoms with E-state index < -0.39 is 10.8 Å². The molecule has 6 aromatic carbocycles. The van der Waals surface area contributed by atoms with Crippen LogP contribution in [0.5, 0.6) is 0 Å². The summed E-state index contributed by atoms with van der Waals surface area (Å²) in [5.41, 5.74) is 12.6. The van der Waals surface area contributed by atoms with Gasteiger partial charge in [-0.2, -0.15) is 0 Å². The second-order valence-electron chi connectivity index (χ2n) is 11.6. The average molecular weight is 565 g/mol. The summed E-state index contributed by atoms with van der Waals surface area (Å²) in [6.07, 6.45) is 0. The molecule has 0 bridgehead atoms. The standard InChI is InChI=1S/C42H28S/c1-3-15-29(16-4-1)41(35-23-11-7-19-31(35)32-20-8-12-24-36(32)41)39-27-28-40(43-39)42(30-17-5-2-6-18-30)37-25-13-9-21-33(37)34-22-10-14-26-38(34)42/h1-28H. The summed E-state index contributed by atoms with van der Waals surface area (Å²) in [7, 11) is 0. The molecule has 0 unspecified atom stereocenters. The van der Waals surface area contributed by atoms with Gasteiger partial charge in [-0.25, -0.2) is 0 Å². The van der Waals surface area contributed by atoms with Crippen molar-refractivity contribution in [3.8, 4) is 22.3 Å². The molecule has 202 valence electrons. The van der Waals surface area contributed by atoms with E-state index in [-0.39, 0.29) is 0 Å². The maximum absolute atomic E-state index is 2.42. The number of benzene rings is 6. The maximum Gasteiger partial charge on any atom is 0.0806 e. The predicted octanol–water partition coefficient (Wildman–Crippen LogP) is 10.5. The van der Waals surface area contributed by atoms with E-state index in [9.17, 15) is 0 Å². The monoisotopic (exact) mass is 564 g/mol. The highest BCUT2D eigenvalue weighted by molar-refractivity contribution is 7.12. The van der Waals surface area contributed by atoms with E-state index in [1.165, 1.54) is 65.4 Å². The van der Waals surface area contributed by atoms with Crippen LogP contribution in [0.25, 0.3) is 22.3 Å². The molecule has 0 nitrogen and oxygen atoms in total. The number of hydrogen-bond donors (Lipinski definition) is 0. The summed E-state index contributed by atoms with van der Waals surface area (Å²) in [5.74, 6) is 0. The van der Waals surface area contributed by atoms with Crippen LogP contribution in [-0.4, -0.2) is 0 Å². The molecule has 0 saturated heterocycles. The zero-order valence-corrected chi connectivity index (χ0v) is 24.4. The van der Waals surface area contributed by atoms with Crippen molar-refractivity contribution in [3.05, 3.63) is 213 Å². The summed E-state index contributed by atoms with van der Waals surface area (Å²) in [5, 5.41) is 0. The van der Waals surface area contributed by atoms with Gasteiger partial charge in [0.1, 0.15) is 0 Å². The number of rotatable bonds is 4. The molecule has 9 rings (SSSR count). The van der Waals surface area contributed by atoms with E-state index in [0.29, 0.717) is 0 Å². The van der Waals surface area contributed by atoms with Crippen LogP contribution in [0.1, 0.15) is 43.1 Å². The van der Waals surface area contributed by atoms with Gasteiger partial charge in [-0.05, 0) is 67.8 Å². The molecule has 0 spiro atoms. The van der Waals surface area contributed by atoms with Gasteiger partial charge in [-0.3, -0.25) is 0 Å². The Morgan fingerprint density at radius 3 is 0.884 bits per heavy atom. The third kappa shape index (κ3) is 3.15. The molecule has 7 aromatic rings. The quantitative estimate of drug-likeness (QED) is 0.199. The molecule has 0 radical (unpaired) electrons. The minimum atomic E-state index is -0.396. The van der Waals surface area contributed by atoms with Gasteiger partial charge in [0, 0.05) is 9.75 Å². The molecule has 2 aliphatic carbocycles. The summed E-state index contributed by atoms with van der Waals surface area (Å²) in [6.45, 7) is 0. The van der Waals surface area contributed by atoms with Crippen LogP contribution in [0.3, 0.4) is 0 Å². The number of fused-ring (bicyclic) bond motifs is 6. The molecule has 1 heterocycles. The lowest BCUT2D eigenvalue weighted by molar-refractivity contribution is 0.785. The Morgan fingerprint density at radius 2 is 0.558 bits per heavy atom. The third-order valence-corrected chi connectivity index (χ3v) is 11.0. The van der Waals surface area contributed by atoms with E-state index in [0.717, 1.165) is 0 Å². The van der Waals surface area contributed by atoms with Gasteiger partial charge in [0.15, 0.2) is 0 Å². The van der Waals surface area contributed by atoms with Gasteiger partial charge in [0.25, 0.3) is 0 Å². The fourth-order valence-electron chi connectivity index (χ4n) is 8.02. The van der Waals surface area contributed by atoms with E-state index >= 15 is 0 Å². The zero-order chi connectivity index (χ0) is 28.4. The first-order valence-electron chi connectivity index (χ1n) is 14.9. The molecule has 0 N–H and O–H groups in total. The molecule has 2 aliphatic rings. The molecular formula is C42H28S. The van der Waals surface area contributed by atoms with Crippen LogP contribution in [0.15, 0.2) is 170 Å². The second kappa shape index (κ2) is 9.26. The highest BCUT2D eigenvalue weighted by Gasteiger charge is 2.50. The van der Waals surface area contributed by atoms with Gasteiger partial charge < -0.3 is 0 Å². The lowest BCUT2D eigenvalue weighted by atomic mass is 9.70. The van der Waals surface area contributed by atoms with Crippen LogP contribution in [-0.2, 0) is 10.8 Å². The minimum Gasteiger partial charge on any atom is -0.142 e. The maximum atomic E-state index is 2.42. The van der Waals surface area contributed by atoms with Crippen molar-refractivity contribution >= 4 is 11.3 Å². The normalized spacial score (nSPS) is 14.9. The SMILES string of the molecule is c1ccc(C2(c3ccc(C4(c5ccccc5)c5ccccc5-c5ccccc54)s3)c3ccccc3-c3ccccc32)cc1. The van der Waals surface area contributed by atoms with Crippen LogP contribution in [0.2, 0.25) is 0 Å². The molecule has 0 saturated carbocycles. The molecule has 43 heavy (non-hydrogen) atoms. The van der Waals surface area contributed by atoms with Crippen molar-refractivity contribution in [2.24, 2.45) is 0 Å². The zero-order valence-electron chi connectivity index (χ0n) is 23.6. The lowest BCUT2D eigenvalue weighted by Crippen LogP contribution is -2.28. The molecular weight excluding hydrogens is 537 g/mol. The number of hydrogen-bond acceptors (Lipinski definition) is 1. The Morgan fingerprint density at radius 1 is 0.279 bits per heavy atom. The predicted molar refractivity (Wildman–Crippen MR) is 179 cm³/mol. The average Bonchev–Trinajstić information content (AvgIpc) is 3.77. The minimum absolute atomic E-state index is 0.396. The van der Waals surface area contributed by atoms with Crippen molar-refractivity contribution in [3.63, 3.8) is 0 Å². The largest absolute Gasteiger partial charge is 0.142 e. The smallest absolute Gasteiger partial charge is 0.0806 e. The molecule has 1 aromatic heterocycles. The molecule has 0 amide bonds. The van der Waals surface area contributed by atoms with E-state index in [4.69, 9.17) is 0 Å². The molecule has 0 aliphatic heterocycles. The second-order valence-corrected chi connectivity index (χ2v) is 12.7. The Labute approximate surface area is 256 Å². The van der Waals surface area contributed by atoms with Crippen molar-refractivity contribution in [1.82, 2.24) is 0 Å². The van der Waals surface area contributed by atoms with Crippen molar-refractivity contribution in [1.29, 1.82) is 0 Å². The van der Waals surface area contributed by atoms with Gasteiger partial charge in [-0.15, -0.1) is 11.3 Å². The van der Waals surface area contributed by atoms with Gasteiger partial charge in [-0.1, -0.05) is 158 Å². The van der Waals surface area contributed by atoms with E-state index in [1.54, 1.807) is 0 Å². The molecule has 0 atom stereocenters. The van der Waals surface area contributed by atoms with E-state index in [1.807, 2.05) is 11.3 Å².